The molecule has 0 bridgehead atoms. The minimum Gasteiger partial charge on any atom is -0.497 e. The number of nitrogens with one attached hydrogen (secondary N) is 1. The lowest BCUT2D eigenvalue weighted by Crippen LogP contribution is -2.40. The monoisotopic (exact) mass is 306 g/mol. The van der Waals surface area contributed by atoms with Gasteiger partial charge in [-0.25, -0.2) is 0 Å². The van der Waals surface area contributed by atoms with Crippen LogP contribution in [-0.2, 0) is 23.9 Å². The van der Waals surface area contributed by atoms with E-state index in [-0.39, 0.29) is 36.2 Å². The molecule has 1 unspecified atom stereocenters. The number of hydrogen-bond acceptors (Lipinski definition) is 5. The molecule has 22 heavy (non-hydrogen) atoms. The van der Waals surface area contributed by atoms with Crippen LogP contribution < -0.4 is 5.32 Å². The van der Waals surface area contributed by atoms with Crippen molar-refractivity contribution in [1.29, 1.82) is 0 Å². The van der Waals surface area contributed by atoms with Crippen molar-refractivity contribution in [3.63, 3.8) is 0 Å². The predicted molar refractivity (Wildman–Crippen MR) is 78.1 cm³/mol. The quantitative estimate of drug-likeness (QED) is 0.399. The fraction of sp³-hybridized carbons (Fsp3) is 0.333. The van der Waals surface area contributed by atoms with Crippen molar-refractivity contribution in [3.8, 4) is 0 Å². The summed E-state index contributed by atoms with van der Waals surface area (Å²) in [5, 5.41) is 2.00. The summed E-state index contributed by atoms with van der Waals surface area (Å²) in [7, 11) is 1.35. The molecule has 0 aliphatic carbocycles. The Labute approximate surface area is 128 Å². The molecule has 0 fully saturated rings. The highest BCUT2D eigenvalue weighted by molar-refractivity contribution is 6.22. The van der Waals surface area contributed by atoms with Gasteiger partial charge < -0.3 is 4.74 Å². The van der Waals surface area contributed by atoms with Crippen molar-refractivity contribution in [1.82, 2.24) is 10.2 Å². The van der Waals surface area contributed by atoms with Crippen molar-refractivity contribution >= 4 is 24.1 Å². The van der Waals surface area contributed by atoms with Crippen molar-refractivity contribution in [2.75, 3.05) is 7.11 Å². The van der Waals surface area contributed by atoms with Crippen LogP contribution in [0.1, 0.15) is 19.8 Å². The number of methoxy groups -OCH3 is 1. The van der Waals surface area contributed by atoms with Gasteiger partial charge in [0.2, 0.25) is 12.3 Å². The molecular formula is C15H18N2O5. The van der Waals surface area contributed by atoms with E-state index in [9.17, 15) is 19.2 Å². The molecule has 0 saturated carbocycles. The molecule has 1 aliphatic heterocycles. The minimum atomic E-state index is -0.532. The molecule has 7 nitrogen and oxygen atoms in total. The third kappa shape index (κ3) is 3.30. The lowest BCUT2D eigenvalue weighted by molar-refractivity contribution is -0.140. The van der Waals surface area contributed by atoms with E-state index in [1.54, 1.807) is 6.92 Å². The van der Waals surface area contributed by atoms with E-state index in [1.165, 1.54) is 13.2 Å². The van der Waals surface area contributed by atoms with E-state index in [0.717, 1.165) is 4.90 Å². The lowest BCUT2D eigenvalue weighted by atomic mass is 10.1. The van der Waals surface area contributed by atoms with Gasteiger partial charge in [0.05, 0.1) is 18.3 Å². The summed E-state index contributed by atoms with van der Waals surface area (Å²) in [6.07, 6.45) is 1.82. The number of ether oxygens (including phenoxy) is 1. The maximum Gasteiger partial charge on any atom is 0.265 e. The summed E-state index contributed by atoms with van der Waals surface area (Å²) in [5.41, 5.74) is 0.202. The Morgan fingerprint density at radius 3 is 2.55 bits per heavy atom. The molecule has 0 aromatic carbocycles. The van der Waals surface area contributed by atoms with E-state index < -0.39 is 23.8 Å². The van der Waals surface area contributed by atoms with Gasteiger partial charge in [0, 0.05) is 12.5 Å². The van der Waals surface area contributed by atoms with Gasteiger partial charge in [0.1, 0.15) is 5.76 Å². The summed E-state index contributed by atoms with van der Waals surface area (Å²) in [5.74, 6) is -1.42. The van der Waals surface area contributed by atoms with E-state index in [2.05, 4.69) is 13.2 Å². The van der Waals surface area contributed by atoms with E-state index in [1.807, 2.05) is 5.32 Å². The molecule has 0 saturated heterocycles. The van der Waals surface area contributed by atoms with Gasteiger partial charge in [0.25, 0.3) is 11.8 Å². The van der Waals surface area contributed by atoms with Crippen molar-refractivity contribution < 1.29 is 23.9 Å². The van der Waals surface area contributed by atoms with Crippen LogP contribution in [0.15, 0.2) is 36.1 Å². The largest absolute Gasteiger partial charge is 0.497 e. The Balaban J connectivity index is 2.91. The molecule has 1 rings (SSSR count). The topological polar surface area (TPSA) is 92.8 Å². The summed E-state index contributed by atoms with van der Waals surface area (Å²) in [4.78, 5) is 47.2. The summed E-state index contributed by atoms with van der Waals surface area (Å²) < 4.78 is 4.94. The fourth-order valence-corrected chi connectivity index (χ4v) is 2.13. The van der Waals surface area contributed by atoms with Crippen molar-refractivity contribution in [2.24, 2.45) is 0 Å². The second-order valence-electron chi connectivity index (χ2n) is 4.67. The van der Waals surface area contributed by atoms with Crippen molar-refractivity contribution in [3.05, 3.63) is 36.1 Å². The van der Waals surface area contributed by atoms with Gasteiger partial charge in [-0.3, -0.25) is 29.4 Å². The second kappa shape index (κ2) is 7.35. The Morgan fingerprint density at radius 2 is 2.05 bits per heavy atom. The SMILES string of the molecule is C=CC1=C(C(=C)OC)C(=O)N(C(C)CCC(=O)NC=O)C1=O. The average molecular weight is 306 g/mol. The third-order valence-electron chi connectivity index (χ3n) is 3.33. The van der Waals surface area contributed by atoms with Gasteiger partial charge in [-0.1, -0.05) is 19.2 Å². The van der Waals surface area contributed by atoms with Gasteiger partial charge in [0.15, 0.2) is 0 Å². The van der Waals surface area contributed by atoms with Crippen LogP contribution in [0.5, 0.6) is 0 Å². The van der Waals surface area contributed by atoms with Gasteiger partial charge in [-0.15, -0.1) is 0 Å². The predicted octanol–water partition coefficient (Wildman–Crippen LogP) is 0.439. The zero-order valence-corrected chi connectivity index (χ0v) is 12.5. The smallest absolute Gasteiger partial charge is 0.265 e. The van der Waals surface area contributed by atoms with Crippen molar-refractivity contribution in [2.45, 2.75) is 25.8 Å². The normalized spacial score (nSPS) is 15.6. The van der Waals surface area contributed by atoms with Crippen LogP contribution in [0.3, 0.4) is 0 Å². The molecule has 1 heterocycles. The van der Waals surface area contributed by atoms with E-state index >= 15 is 0 Å². The maximum absolute atomic E-state index is 12.4. The molecule has 4 amide bonds. The standard InChI is InChI=1S/C15H18N2O5/c1-5-11-13(10(3)22-4)15(21)17(14(11)20)9(2)6-7-12(19)16-8-18/h5,8-9H,1,3,6-7H2,2,4H3,(H,16,18,19). The molecule has 7 heteroatoms. The Hall–Kier alpha value is -2.70. The van der Waals surface area contributed by atoms with Crippen LogP contribution in [0.4, 0.5) is 0 Å². The minimum absolute atomic E-state index is 0.0148. The fourth-order valence-electron chi connectivity index (χ4n) is 2.13. The number of amides is 4. The molecule has 1 aliphatic rings. The summed E-state index contributed by atoms with van der Waals surface area (Å²) in [6, 6.07) is -0.519. The Bertz CT molecular complexity index is 576. The number of carbonyl (C=O) groups is 4. The number of rotatable bonds is 8. The first-order valence-corrected chi connectivity index (χ1v) is 6.59. The first kappa shape index (κ1) is 17.4. The second-order valence-corrected chi connectivity index (χ2v) is 4.67. The van der Waals surface area contributed by atoms with Crippen LogP contribution in [0, 0.1) is 0 Å². The number of hydrogen-bond donors (Lipinski definition) is 1. The number of imide groups is 2. The first-order chi connectivity index (χ1) is 10.4. The van der Waals surface area contributed by atoms with E-state index in [4.69, 9.17) is 4.74 Å². The molecule has 1 atom stereocenters. The Kier molecular flexibility index (Phi) is 5.80. The highest BCUT2D eigenvalue weighted by Gasteiger charge is 2.40. The third-order valence-corrected chi connectivity index (χ3v) is 3.33. The molecule has 0 aromatic rings. The molecule has 118 valence electrons. The number of nitrogens with zero attached hydrogens (tertiary/aromatic N) is 1. The van der Waals surface area contributed by atoms with Gasteiger partial charge in [-0.2, -0.15) is 0 Å². The molecule has 1 N–H and O–H groups in total. The van der Waals surface area contributed by atoms with Crippen LogP contribution >= 0.6 is 0 Å². The molecular weight excluding hydrogens is 288 g/mol. The zero-order chi connectivity index (χ0) is 16.9. The summed E-state index contributed by atoms with van der Waals surface area (Å²) in [6.45, 7) is 8.77. The molecule has 0 aromatic heterocycles. The zero-order valence-electron chi connectivity index (χ0n) is 12.5. The highest BCUT2D eigenvalue weighted by Crippen LogP contribution is 2.29. The lowest BCUT2D eigenvalue weighted by Gasteiger charge is -2.23. The van der Waals surface area contributed by atoms with E-state index in [0.29, 0.717) is 0 Å². The number of carbonyl (C=O) groups excluding carboxylic acids is 4. The van der Waals surface area contributed by atoms with Crippen LogP contribution in [0.2, 0.25) is 0 Å². The van der Waals surface area contributed by atoms with Crippen LogP contribution in [-0.4, -0.2) is 42.2 Å². The van der Waals surface area contributed by atoms with Gasteiger partial charge >= 0.3 is 0 Å². The highest BCUT2D eigenvalue weighted by atomic mass is 16.5. The molecule has 0 radical (unpaired) electrons. The van der Waals surface area contributed by atoms with Crippen LogP contribution in [0.25, 0.3) is 0 Å². The average Bonchev–Trinajstić information content (AvgIpc) is 2.74. The molecule has 0 spiro atoms. The van der Waals surface area contributed by atoms with Gasteiger partial charge in [-0.05, 0) is 13.3 Å². The Morgan fingerprint density at radius 1 is 1.41 bits per heavy atom. The summed E-state index contributed by atoms with van der Waals surface area (Å²) >= 11 is 0. The maximum atomic E-state index is 12.4. The first-order valence-electron chi connectivity index (χ1n) is 6.59.